The van der Waals surface area contributed by atoms with Crippen LogP contribution in [0.2, 0.25) is 0 Å². The first kappa shape index (κ1) is 10.4. The third kappa shape index (κ3) is 2.49. The zero-order valence-electron chi connectivity index (χ0n) is 9.34. The highest BCUT2D eigenvalue weighted by molar-refractivity contribution is 4.82. The van der Waals surface area contributed by atoms with Gasteiger partial charge in [-0.3, -0.25) is 0 Å². The lowest BCUT2D eigenvalue weighted by molar-refractivity contribution is 0.101. The lowest BCUT2D eigenvalue weighted by atomic mass is 9.70. The lowest BCUT2D eigenvalue weighted by Gasteiger charge is -2.36. The molecule has 3 unspecified atom stereocenters. The van der Waals surface area contributed by atoms with Gasteiger partial charge in [0.25, 0.3) is 0 Å². The highest BCUT2D eigenvalue weighted by Gasteiger charge is 2.32. The highest BCUT2D eigenvalue weighted by atomic mass is 19.1. The average Bonchev–Trinajstić information content (AvgIpc) is 2.18. The normalized spacial score (nSPS) is 41.1. The standard InChI is InChI=1S/C13H23F/c1-10-7-12(9-13(14)8-10)11-5-3-2-4-6-11/h10-13H,2-9H2,1H3. The van der Waals surface area contributed by atoms with Gasteiger partial charge in [-0.25, -0.2) is 4.39 Å². The predicted octanol–water partition coefficient (Wildman–Crippen LogP) is 4.34. The lowest BCUT2D eigenvalue weighted by Crippen LogP contribution is -2.28. The summed E-state index contributed by atoms with van der Waals surface area (Å²) in [5.41, 5.74) is 0. The topological polar surface area (TPSA) is 0 Å². The van der Waals surface area contributed by atoms with Gasteiger partial charge in [0.15, 0.2) is 0 Å². The highest BCUT2D eigenvalue weighted by Crippen LogP contribution is 2.40. The van der Waals surface area contributed by atoms with Crippen LogP contribution < -0.4 is 0 Å². The molecule has 2 rings (SSSR count). The van der Waals surface area contributed by atoms with Gasteiger partial charge in [0.05, 0.1) is 0 Å². The fraction of sp³-hybridized carbons (Fsp3) is 1.00. The minimum absolute atomic E-state index is 0.495. The molecule has 82 valence electrons. The van der Waals surface area contributed by atoms with Gasteiger partial charge in [0.1, 0.15) is 6.17 Å². The molecule has 0 N–H and O–H groups in total. The Balaban J connectivity index is 1.88. The molecule has 0 amide bonds. The van der Waals surface area contributed by atoms with Gasteiger partial charge in [-0.05, 0) is 37.0 Å². The Bertz CT molecular complexity index is 162. The molecule has 0 aromatic carbocycles. The molecule has 0 aromatic rings. The molecule has 0 heterocycles. The molecule has 0 spiro atoms. The molecular weight excluding hydrogens is 175 g/mol. The van der Waals surface area contributed by atoms with Crippen LogP contribution in [0.25, 0.3) is 0 Å². The summed E-state index contributed by atoms with van der Waals surface area (Å²) in [4.78, 5) is 0. The molecule has 2 saturated carbocycles. The van der Waals surface area contributed by atoms with Gasteiger partial charge in [0, 0.05) is 0 Å². The average molecular weight is 198 g/mol. The summed E-state index contributed by atoms with van der Waals surface area (Å²) in [5, 5.41) is 0. The molecule has 2 aliphatic carbocycles. The van der Waals surface area contributed by atoms with Crippen LogP contribution in [0.3, 0.4) is 0 Å². The molecular formula is C13H23F. The van der Waals surface area contributed by atoms with E-state index >= 15 is 0 Å². The molecule has 3 atom stereocenters. The number of rotatable bonds is 1. The summed E-state index contributed by atoms with van der Waals surface area (Å²) in [6, 6.07) is 0. The van der Waals surface area contributed by atoms with E-state index in [0.29, 0.717) is 11.8 Å². The van der Waals surface area contributed by atoms with Crippen molar-refractivity contribution in [2.75, 3.05) is 0 Å². The monoisotopic (exact) mass is 198 g/mol. The van der Waals surface area contributed by atoms with Crippen molar-refractivity contribution in [1.82, 2.24) is 0 Å². The van der Waals surface area contributed by atoms with Crippen molar-refractivity contribution < 1.29 is 4.39 Å². The molecule has 0 bridgehead atoms. The van der Waals surface area contributed by atoms with Gasteiger partial charge in [-0.1, -0.05) is 39.0 Å². The van der Waals surface area contributed by atoms with Crippen LogP contribution in [0.1, 0.15) is 58.3 Å². The first-order valence-electron chi connectivity index (χ1n) is 6.39. The summed E-state index contributed by atoms with van der Waals surface area (Å²) in [5.74, 6) is 2.21. The second-order valence-corrected chi connectivity index (χ2v) is 5.57. The van der Waals surface area contributed by atoms with E-state index in [2.05, 4.69) is 6.92 Å². The Hall–Kier alpha value is -0.0700. The fourth-order valence-electron chi connectivity index (χ4n) is 3.56. The summed E-state index contributed by atoms with van der Waals surface area (Å²) in [6.07, 6.45) is 9.46. The van der Waals surface area contributed by atoms with Gasteiger partial charge >= 0.3 is 0 Å². The first-order chi connectivity index (χ1) is 6.75. The molecule has 0 nitrogen and oxygen atoms in total. The molecule has 0 radical (unpaired) electrons. The summed E-state index contributed by atoms with van der Waals surface area (Å²) < 4.78 is 13.4. The zero-order chi connectivity index (χ0) is 9.97. The van der Waals surface area contributed by atoms with E-state index in [9.17, 15) is 4.39 Å². The summed E-state index contributed by atoms with van der Waals surface area (Å²) in [7, 11) is 0. The molecule has 0 saturated heterocycles. The van der Waals surface area contributed by atoms with E-state index in [4.69, 9.17) is 0 Å². The molecule has 2 fully saturated rings. The second kappa shape index (κ2) is 4.63. The minimum atomic E-state index is -0.495. The van der Waals surface area contributed by atoms with E-state index in [1.807, 2.05) is 0 Å². The van der Waals surface area contributed by atoms with Crippen LogP contribution in [0.4, 0.5) is 4.39 Å². The molecule has 14 heavy (non-hydrogen) atoms. The number of hydrogen-bond acceptors (Lipinski definition) is 0. The van der Waals surface area contributed by atoms with Crippen molar-refractivity contribution in [3.05, 3.63) is 0 Å². The largest absolute Gasteiger partial charge is 0.247 e. The minimum Gasteiger partial charge on any atom is -0.247 e. The van der Waals surface area contributed by atoms with Crippen LogP contribution in [-0.4, -0.2) is 6.17 Å². The SMILES string of the molecule is CC1CC(F)CC(C2CCCCC2)C1. The van der Waals surface area contributed by atoms with E-state index in [-0.39, 0.29) is 0 Å². The maximum atomic E-state index is 13.4. The van der Waals surface area contributed by atoms with Crippen LogP contribution in [0, 0.1) is 17.8 Å². The Morgan fingerprint density at radius 3 is 2.21 bits per heavy atom. The molecule has 0 aromatic heterocycles. The van der Waals surface area contributed by atoms with Crippen LogP contribution >= 0.6 is 0 Å². The van der Waals surface area contributed by atoms with E-state index < -0.39 is 6.17 Å². The second-order valence-electron chi connectivity index (χ2n) is 5.57. The van der Waals surface area contributed by atoms with Crippen molar-refractivity contribution in [3.63, 3.8) is 0 Å². The van der Waals surface area contributed by atoms with Gasteiger partial charge in [0.2, 0.25) is 0 Å². The fourth-order valence-corrected chi connectivity index (χ4v) is 3.56. The quantitative estimate of drug-likeness (QED) is 0.588. The van der Waals surface area contributed by atoms with Crippen molar-refractivity contribution in [1.29, 1.82) is 0 Å². The van der Waals surface area contributed by atoms with Gasteiger partial charge in [-0.2, -0.15) is 0 Å². The Kier molecular flexibility index (Phi) is 3.46. The van der Waals surface area contributed by atoms with Crippen molar-refractivity contribution in [2.24, 2.45) is 17.8 Å². The third-order valence-corrected chi connectivity index (χ3v) is 4.24. The Morgan fingerprint density at radius 2 is 1.57 bits per heavy atom. The summed E-state index contributed by atoms with van der Waals surface area (Å²) >= 11 is 0. The number of alkyl halides is 1. The number of halogens is 1. The molecule has 2 aliphatic rings. The van der Waals surface area contributed by atoms with E-state index in [0.717, 1.165) is 18.8 Å². The van der Waals surface area contributed by atoms with Gasteiger partial charge < -0.3 is 0 Å². The molecule has 0 aliphatic heterocycles. The number of hydrogen-bond donors (Lipinski definition) is 0. The van der Waals surface area contributed by atoms with E-state index in [1.165, 1.54) is 38.5 Å². The Morgan fingerprint density at radius 1 is 0.857 bits per heavy atom. The summed E-state index contributed by atoms with van der Waals surface area (Å²) in [6.45, 7) is 2.22. The zero-order valence-corrected chi connectivity index (χ0v) is 9.34. The first-order valence-corrected chi connectivity index (χ1v) is 6.39. The third-order valence-electron chi connectivity index (χ3n) is 4.24. The van der Waals surface area contributed by atoms with Crippen molar-refractivity contribution >= 4 is 0 Å². The van der Waals surface area contributed by atoms with Crippen molar-refractivity contribution in [3.8, 4) is 0 Å². The maximum absolute atomic E-state index is 13.4. The molecule has 1 heteroatoms. The van der Waals surface area contributed by atoms with Crippen LogP contribution in [0.15, 0.2) is 0 Å². The van der Waals surface area contributed by atoms with Crippen LogP contribution in [0.5, 0.6) is 0 Å². The van der Waals surface area contributed by atoms with Crippen molar-refractivity contribution in [2.45, 2.75) is 64.5 Å². The Labute approximate surface area is 87.3 Å². The van der Waals surface area contributed by atoms with Gasteiger partial charge in [-0.15, -0.1) is 0 Å². The van der Waals surface area contributed by atoms with E-state index in [1.54, 1.807) is 0 Å². The van der Waals surface area contributed by atoms with Crippen LogP contribution in [-0.2, 0) is 0 Å². The predicted molar refractivity (Wildman–Crippen MR) is 58.0 cm³/mol. The smallest absolute Gasteiger partial charge is 0.101 e. The maximum Gasteiger partial charge on any atom is 0.101 e.